The lowest BCUT2D eigenvalue weighted by atomic mass is 10.1. The molecule has 0 N–H and O–H groups in total. The van der Waals surface area contributed by atoms with E-state index in [-0.39, 0.29) is 0 Å². The van der Waals surface area contributed by atoms with Crippen molar-refractivity contribution >= 4 is 5.97 Å². The molecule has 0 amide bonds. The minimum atomic E-state index is -0.852. The Labute approximate surface area is 101 Å². The third-order valence-electron chi connectivity index (χ3n) is 2.41. The molecule has 0 fully saturated rings. The molecule has 4 nitrogen and oxygen atoms in total. The zero-order valence-corrected chi connectivity index (χ0v) is 10.6. The van der Waals surface area contributed by atoms with Crippen molar-refractivity contribution in [3.63, 3.8) is 0 Å². The Bertz CT molecular complexity index is 359. The van der Waals surface area contributed by atoms with Gasteiger partial charge in [0.15, 0.2) is 11.9 Å². The molecule has 1 aromatic rings. The van der Waals surface area contributed by atoms with Crippen LogP contribution >= 0.6 is 0 Å². The molecular formula is C13H18O4. The molecule has 0 saturated carbocycles. The van der Waals surface area contributed by atoms with Gasteiger partial charge >= 0.3 is 5.97 Å². The van der Waals surface area contributed by atoms with Crippen LogP contribution in [0.5, 0.6) is 0 Å². The molecule has 1 rings (SSSR count). The molecule has 0 radical (unpaired) electrons. The number of benzene rings is 1. The summed E-state index contributed by atoms with van der Waals surface area (Å²) in [6.45, 7) is 3.48. The van der Waals surface area contributed by atoms with E-state index in [1.165, 1.54) is 14.2 Å². The van der Waals surface area contributed by atoms with Crippen LogP contribution in [0.3, 0.4) is 0 Å². The van der Waals surface area contributed by atoms with Crippen molar-refractivity contribution in [2.24, 2.45) is 0 Å². The van der Waals surface area contributed by atoms with Gasteiger partial charge in [0, 0.05) is 7.11 Å². The highest BCUT2D eigenvalue weighted by atomic mass is 16.7. The maximum Gasteiger partial charge on any atom is 0.339 e. The summed E-state index contributed by atoms with van der Waals surface area (Å²) < 4.78 is 15.5. The van der Waals surface area contributed by atoms with Crippen LogP contribution in [-0.4, -0.2) is 26.0 Å². The number of hydrogen-bond acceptors (Lipinski definition) is 4. The fraction of sp³-hybridized carbons (Fsp3) is 0.462. The Kier molecular flexibility index (Phi) is 4.66. The second-order valence-electron chi connectivity index (χ2n) is 4.04. The van der Waals surface area contributed by atoms with Gasteiger partial charge in [-0.3, -0.25) is 0 Å². The normalized spacial score (nSPS) is 13.2. The minimum Gasteiger partial charge on any atom is -0.467 e. The Morgan fingerprint density at radius 3 is 2.24 bits per heavy atom. The van der Waals surface area contributed by atoms with Gasteiger partial charge in [-0.15, -0.1) is 0 Å². The third-order valence-corrected chi connectivity index (χ3v) is 2.41. The lowest BCUT2D eigenvalue weighted by Crippen LogP contribution is -2.32. The molecule has 94 valence electrons. The summed E-state index contributed by atoms with van der Waals surface area (Å²) >= 11 is 0. The molecule has 1 unspecified atom stereocenters. The van der Waals surface area contributed by atoms with Crippen molar-refractivity contribution < 1.29 is 19.0 Å². The van der Waals surface area contributed by atoms with Crippen LogP contribution in [0, 0.1) is 0 Å². The average Bonchev–Trinajstić information content (AvgIpc) is 2.36. The maximum atomic E-state index is 11.7. The molecule has 0 aliphatic carbocycles. The Hall–Kier alpha value is -1.39. The standard InChI is InChI=1S/C13H18O4/c1-13(2,16-4)17-11(12(14)15-3)10-8-6-5-7-9-10/h5-9,11H,1-4H3. The van der Waals surface area contributed by atoms with Crippen molar-refractivity contribution in [3.8, 4) is 0 Å². The number of hydrogen-bond donors (Lipinski definition) is 0. The first-order chi connectivity index (χ1) is 8.00. The molecule has 0 saturated heterocycles. The predicted octanol–water partition coefficient (Wildman–Crippen LogP) is 2.30. The van der Waals surface area contributed by atoms with E-state index >= 15 is 0 Å². The predicted molar refractivity (Wildman–Crippen MR) is 63.4 cm³/mol. The number of rotatable bonds is 5. The lowest BCUT2D eigenvalue weighted by Gasteiger charge is -2.28. The zero-order valence-electron chi connectivity index (χ0n) is 10.6. The fourth-order valence-corrected chi connectivity index (χ4v) is 1.32. The van der Waals surface area contributed by atoms with E-state index in [1.807, 2.05) is 30.3 Å². The van der Waals surface area contributed by atoms with E-state index in [0.29, 0.717) is 0 Å². The summed E-state index contributed by atoms with van der Waals surface area (Å²) in [4.78, 5) is 11.7. The van der Waals surface area contributed by atoms with Gasteiger partial charge in [0.1, 0.15) is 0 Å². The second-order valence-corrected chi connectivity index (χ2v) is 4.04. The number of carbonyl (C=O) groups is 1. The summed E-state index contributed by atoms with van der Waals surface area (Å²) in [6.07, 6.45) is -0.781. The van der Waals surface area contributed by atoms with Crippen LogP contribution in [-0.2, 0) is 19.0 Å². The second kappa shape index (κ2) is 5.80. The van der Waals surface area contributed by atoms with Gasteiger partial charge in [-0.25, -0.2) is 4.79 Å². The van der Waals surface area contributed by atoms with Crippen LogP contribution in [0.25, 0.3) is 0 Å². The lowest BCUT2D eigenvalue weighted by molar-refractivity contribution is -0.231. The topological polar surface area (TPSA) is 44.8 Å². The summed E-state index contributed by atoms with van der Waals surface area (Å²) in [5.74, 6) is -1.30. The molecule has 0 aliphatic heterocycles. The summed E-state index contributed by atoms with van der Waals surface area (Å²) in [5.41, 5.74) is 0.740. The Morgan fingerprint density at radius 1 is 1.18 bits per heavy atom. The summed E-state index contributed by atoms with van der Waals surface area (Å²) in [6, 6.07) is 9.18. The van der Waals surface area contributed by atoms with Crippen LogP contribution in [0.1, 0.15) is 25.5 Å². The molecule has 1 aromatic carbocycles. The monoisotopic (exact) mass is 238 g/mol. The molecule has 0 bridgehead atoms. The molecular weight excluding hydrogens is 220 g/mol. The van der Waals surface area contributed by atoms with Crippen molar-refractivity contribution in [2.45, 2.75) is 25.7 Å². The van der Waals surface area contributed by atoms with E-state index in [2.05, 4.69) is 0 Å². The molecule has 1 atom stereocenters. The van der Waals surface area contributed by atoms with E-state index in [0.717, 1.165) is 5.56 Å². The van der Waals surface area contributed by atoms with Crippen LogP contribution in [0.4, 0.5) is 0 Å². The van der Waals surface area contributed by atoms with Gasteiger partial charge in [0.2, 0.25) is 0 Å². The van der Waals surface area contributed by atoms with Crippen molar-refractivity contribution in [2.75, 3.05) is 14.2 Å². The first-order valence-corrected chi connectivity index (χ1v) is 5.36. The molecule has 17 heavy (non-hydrogen) atoms. The highest BCUT2D eigenvalue weighted by Crippen LogP contribution is 2.25. The molecule has 0 aliphatic rings. The van der Waals surface area contributed by atoms with Crippen molar-refractivity contribution in [1.29, 1.82) is 0 Å². The van der Waals surface area contributed by atoms with Gasteiger partial charge in [-0.1, -0.05) is 30.3 Å². The Balaban J connectivity index is 2.94. The maximum absolute atomic E-state index is 11.7. The first-order valence-electron chi connectivity index (χ1n) is 5.36. The average molecular weight is 238 g/mol. The SMILES string of the molecule is COC(=O)C(OC(C)(C)OC)c1ccccc1. The number of carbonyl (C=O) groups excluding carboxylic acids is 1. The highest BCUT2D eigenvalue weighted by molar-refractivity contribution is 5.76. The van der Waals surface area contributed by atoms with Crippen LogP contribution < -0.4 is 0 Å². The van der Waals surface area contributed by atoms with Gasteiger partial charge < -0.3 is 14.2 Å². The zero-order chi connectivity index (χ0) is 12.9. The number of methoxy groups -OCH3 is 2. The van der Waals surface area contributed by atoms with Gasteiger partial charge in [0.05, 0.1) is 7.11 Å². The van der Waals surface area contributed by atoms with E-state index in [4.69, 9.17) is 14.2 Å². The van der Waals surface area contributed by atoms with Gasteiger partial charge in [0.25, 0.3) is 0 Å². The highest BCUT2D eigenvalue weighted by Gasteiger charge is 2.30. The quantitative estimate of drug-likeness (QED) is 0.583. The van der Waals surface area contributed by atoms with E-state index in [1.54, 1.807) is 13.8 Å². The molecule has 4 heteroatoms. The first kappa shape index (κ1) is 13.7. The van der Waals surface area contributed by atoms with E-state index in [9.17, 15) is 4.79 Å². The molecule has 0 heterocycles. The fourth-order valence-electron chi connectivity index (χ4n) is 1.32. The van der Waals surface area contributed by atoms with Crippen molar-refractivity contribution in [1.82, 2.24) is 0 Å². The molecule has 0 spiro atoms. The number of ether oxygens (including phenoxy) is 3. The van der Waals surface area contributed by atoms with Crippen molar-refractivity contribution in [3.05, 3.63) is 35.9 Å². The third kappa shape index (κ3) is 3.84. The number of esters is 1. The largest absolute Gasteiger partial charge is 0.467 e. The minimum absolute atomic E-state index is 0.443. The van der Waals surface area contributed by atoms with Gasteiger partial charge in [-0.2, -0.15) is 0 Å². The van der Waals surface area contributed by atoms with E-state index < -0.39 is 17.9 Å². The summed E-state index contributed by atoms with van der Waals surface area (Å²) in [5, 5.41) is 0. The van der Waals surface area contributed by atoms with Gasteiger partial charge in [-0.05, 0) is 19.4 Å². The summed E-state index contributed by atoms with van der Waals surface area (Å²) in [7, 11) is 2.86. The molecule has 0 aromatic heterocycles. The van der Waals surface area contributed by atoms with Crippen LogP contribution in [0.15, 0.2) is 30.3 Å². The Morgan fingerprint density at radius 2 is 1.76 bits per heavy atom. The smallest absolute Gasteiger partial charge is 0.339 e. The van der Waals surface area contributed by atoms with Crippen LogP contribution in [0.2, 0.25) is 0 Å².